The van der Waals surface area contributed by atoms with Gasteiger partial charge in [0, 0.05) is 35.3 Å². The minimum atomic E-state index is -4.06. The van der Waals surface area contributed by atoms with Crippen molar-refractivity contribution < 1.29 is 30.5 Å². The molecule has 0 radical (unpaired) electrons. The number of nitrogens with zero attached hydrogens (tertiary/aromatic N) is 2. The van der Waals surface area contributed by atoms with Crippen LogP contribution in [0.3, 0.4) is 0 Å². The summed E-state index contributed by atoms with van der Waals surface area (Å²) < 4.78 is 67.4. The number of thioether (sulfide) groups is 1. The Labute approximate surface area is 237 Å². The Balaban J connectivity index is 1.50. The third-order valence-corrected chi connectivity index (χ3v) is 12.4. The number of hydrogen-bond donors (Lipinski definition) is 2. The summed E-state index contributed by atoms with van der Waals surface area (Å²) in [6.45, 7) is 0.965. The van der Waals surface area contributed by atoms with E-state index in [0.29, 0.717) is 47.7 Å². The van der Waals surface area contributed by atoms with Crippen LogP contribution in [-0.2, 0) is 26.8 Å². The Morgan fingerprint density at radius 1 is 1.03 bits per heavy atom. The van der Waals surface area contributed by atoms with Crippen LogP contribution < -0.4 is 4.57 Å². The van der Waals surface area contributed by atoms with Gasteiger partial charge in [-0.25, -0.2) is 0 Å². The summed E-state index contributed by atoms with van der Waals surface area (Å²) in [7, 11) is -8.10. The summed E-state index contributed by atoms with van der Waals surface area (Å²) in [5.74, 6) is 0.724. The molecular formula is C25H34ClN2O6S4+. The third kappa shape index (κ3) is 6.70. The first-order valence-corrected chi connectivity index (χ1v) is 18.4. The normalized spacial score (nSPS) is 27.1. The van der Waals surface area contributed by atoms with Gasteiger partial charge in [-0.3, -0.25) is 9.11 Å². The first-order valence-electron chi connectivity index (χ1n) is 13.2. The molecule has 0 spiro atoms. The largest absolute Gasteiger partial charge is 0.362 e. The van der Waals surface area contributed by atoms with Gasteiger partial charge in [-0.2, -0.15) is 21.4 Å². The maximum Gasteiger partial charge on any atom is 0.265 e. The third-order valence-electron chi connectivity index (χ3n) is 8.05. The first kappa shape index (κ1) is 28.6. The lowest BCUT2D eigenvalue weighted by Crippen LogP contribution is -2.48. The van der Waals surface area contributed by atoms with Gasteiger partial charge in [-0.05, 0) is 49.7 Å². The molecule has 2 aromatic rings. The zero-order valence-corrected chi connectivity index (χ0v) is 25.1. The molecule has 4 unspecified atom stereocenters. The number of benzene rings is 1. The van der Waals surface area contributed by atoms with Gasteiger partial charge in [-0.1, -0.05) is 42.2 Å². The molecule has 1 aliphatic heterocycles. The molecule has 2 saturated carbocycles. The van der Waals surface area contributed by atoms with Gasteiger partial charge in [-0.15, -0.1) is 11.8 Å². The molecule has 2 N–H and O–H groups in total. The van der Waals surface area contributed by atoms with Crippen LogP contribution in [-0.4, -0.2) is 60.2 Å². The number of hydrogen-bond acceptors (Lipinski definition) is 7. The van der Waals surface area contributed by atoms with Crippen molar-refractivity contribution in [3.63, 3.8) is 0 Å². The Hall–Kier alpha value is -0.890. The fourth-order valence-corrected chi connectivity index (χ4v) is 10.4. The highest BCUT2D eigenvalue weighted by atomic mass is 35.5. The van der Waals surface area contributed by atoms with Crippen LogP contribution in [0.1, 0.15) is 56.4 Å². The Morgan fingerprint density at radius 2 is 1.76 bits per heavy atom. The molecule has 2 aliphatic carbocycles. The van der Waals surface area contributed by atoms with Gasteiger partial charge in [0.15, 0.2) is 6.54 Å². The van der Waals surface area contributed by atoms with Crippen LogP contribution in [0, 0.1) is 11.8 Å². The lowest BCUT2D eigenvalue weighted by molar-refractivity contribution is -0.668. The molecule has 1 saturated heterocycles. The van der Waals surface area contributed by atoms with Gasteiger partial charge in [0.25, 0.3) is 25.2 Å². The summed E-state index contributed by atoms with van der Waals surface area (Å²) in [5.41, 5.74) is 0.912. The second-order valence-electron chi connectivity index (χ2n) is 10.6. The van der Waals surface area contributed by atoms with E-state index in [4.69, 9.17) is 11.6 Å². The molecular weight excluding hydrogens is 588 g/mol. The second-order valence-corrected chi connectivity index (χ2v) is 16.5. The van der Waals surface area contributed by atoms with E-state index in [-0.39, 0.29) is 17.9 Å². The van der Waals surface area contributed by atoms with Crippen LogP contribution in [0.4, 0.5) is 0 Å². The molecule has 0 bridgehead atoms. The number of rotatable bonds is 9. The minimum absolute atomic E-state index is 0.260. The van der Waals surface area contributed by atoms with E-state index in [0.717, 1.165) is 26.7 Å². The van der Waals surface area contributed by atoms with Gasteiger partial charge in [0.2, 0.25) is 5.52 Å². The average molecular weight is 622 g/mol. The van der Waals surface area contributed by atoms with Crippen molar-refractivity contribution in [1.82, 2.24) is 4.90 Å². The Morgan fingerprint density at radius 3 is 2.53 bits per heavy atom. The zero-order valence-electron chi connectivity index (χ0n) is 21.0. The Bertz CT molecular complexity index is 1420. The lowest BCUT2D eigenvalue weighted by Gasteiger charge is -2.45. The number of aryl methyl sites for hydroxylation is 1. The summed E-state index contributed by atoms with van der Waals surface area (Å²) in [6, 6.07) is 6.02. The molecule has 5 rings (SSSR count). The molecule has 3 aliphatic rings. The SMILES string of the molecule is O=S(=O)(O)CCCN1C(=Cc2sc3ccc(Cl)cc3[n+]2CCCS(=O)(=O)O)SC2CCC3CCCCC3C21. The number of thiazole rings is 1. The smallest absolute Gasteiger partial charge is 0.265 e. The predicted molar refractivity (Wildman–Crippen MR) is 154 cm³/mol. The van der Waals surface area contributed by atoms with Gasteiger partial charge in [0.1, 0.15) is 4.70 Å². The number of aromatic nitrogens is 1. The molecule has 8 nitrogen and oxygen atoms in total. The molecule has 210 valence electrons. The van der Waals surface area contributed by atoms with Crippen molar-refractivity contribution >= 4 is 71.2 Å². The molecule has 0 amide bonds. The fraction of sp³-hybridized carbons (Fsp3) is 0.640. The predicted octanol–water partition coefficient (Wildman–Crippen LogP) is 5.08. The molecule has 1 aromatic heterocycles. The van der Waals surface area contributed by atoms with Crippen LogP contribution in [0.2, 0.25) is 5.02 Å². The standard InChI is InChI=1S/C25H33ClN2O6S4/c26-18-8-10-21-20(15-18)27(11-3-13-37(29,30)31)23(35-21)16-24-28(12-4-14-38(32,33)34)25-19-6-2-1-5-17(19)7-9-22(25)36-24/h8,10,15-17,19,22,25H,1-7,9,11-14H2,(H-,29,30,31,32,33,34)/p+1. The maximum atomic E-state index is 11.5. The van der Waals surface area contributed by atoms with Crippen LogP contribution in [0.15, 0.2) is 23.2 Å². The maximum absolute atomic E-state index is 11.5. The fourth-order valence-electron chi connectivity index (χ4n) is 6.52. The van der Waals surface area contributed by atoms with Gasteiger partial charge < -0.3 is 4.90 Å². The highest BCUT2D eigenvalue weighted by molar-refractivity contribution is 8.04. The molecule has 1 aromatic carbocycles. The van der Waals surface area contributed by atoms with E-state index in [9.17, 15) is 25.9 Å². The van der Waals surface area contributed by atoms with Crippen LogP contribution in [0.25, 0.3) is 16.3 Å². The molecule has 4 atom stereocenters. The highest BCUT2D eigenvalue weighted by Gasteiger charge is 2.48. The number of halogens is 1. The zero-order chi connectivity index (χ0) is 27.1. The van der Waals surface area contributed by atoms with Crippen LogP contribution >= 0.6 is 34.7 Å². The van der Waals surface area contributed by atoms with E-state index in [1.807, 2.05) is 30.0 Å². The van der Waals surface area contributed by atoms with Gasteiger partial charge in [0.05, 0.1) is 22.6 Å². The van der Waals surface area contributed by atoms with Crippen molar-refractivity contribution in [1.29, 1.82) is 0 Å². The minimum Gasteiger partial charge on any atom is -0.362 e. The highest BCUT2D eigenvalue weighted by Crippen LogP contribution is 2.53. The van der Waals surface area contributed by atoms with E-state index < -0.39 is 20.2 Å². The monoisotopic (exact) mass is 621 g/mol. The molecule has 3 fully saturated rings. The van der Waals surface area contributed by atoms with Crippen molar-refractivity contribution in [3.8, 4) is 0 Å². The van der Waals surface area contributed by atoms with E-state index in [1.165, 1.54) is 32.1 Å². The molecule has 13 heteroatoms. The van der Waals surface area contributed by atoms with Crippen molar-refractivity contribution in [2.24, 2.45) is 11.8 Å². The van der Waals surface area contributed by atoms with Crippen molar-refractivity contribution in [3.05, 3.63) is 33.3 Å². The Kier molecular flexibility index (Phi) is 8.69. The van der Waals surface area contributed by atoms with Crippen LogP contribution in [0.5, 0.6) is 0 Å². The summed E-state index contributed by atoms with van der Waals surface area (Å²) >= 11 is 9.77. The van der Waals surface area contributed by atoms with E-state index in [2.05, 4.69) is 15.5 Å². The second kappa shape index (κ2) is 11.5. The first-order chi connectivity index (χ1) is 18.0. The van der Waals surface area contributed by atoms with E-state index >= 15 is 0 Å². The molecule has 38 heavy (non-hydrogen) atoms. The summed E-state index contributed by atoms with van der Waals surface area (Å²) in [6.07, 6.45) is 10.1. The summed E-state index contributed by atoms with van der Waals surface area (Å²) in [5, 5.41) is 3.10. The summed E-state index contributed by atoms with van der Waals surface area (Å²) in [4.78, 5) is 2.39. The lowest BCUT2D eigenvalue weighted by atomic mass is 9.68. The topological polar surface area (TPSA) is 116 Å². The molecule has 2 heterocycles. The van der Waals surface area contributed by atoms with Gasteiger partial charge >= 0.3 is 0 Å². The van der Waals surface area contributed by atoms with Crippen molar-refractivity contribution in [2.75, 3.05) is 18.1 Å². The number of fused-ring (bicyclic) bond motifs is 4. The van der Waals surface area contributed by atoms with Crippen molar-refractivity contribution in [2.45, 2.75) is 69.2 Å². The average Bonchev–Trinajstić information content (AvgIpc) is 3.35. The van der Waals surface area contributed by atoms with E-state index in [1.54, 1.807) is 11.3 Å². The quantitative estimate of drug-likeness (QED) is 0.294.